The van der Waals surface area contributed by atoms with Crippen LogP contribution in [0.2, 0.25) is 0 Å². The molecular formula is C20H20N6O7. The minimum Gasteiger partial charge on any atom is -0.449 e. The van der Waals surface area contributed by atoms with E-state index in [0.717, 1.165) is 0 Å². The molecule has 33 heavy (non-hydrogen) atoms. The smallest absolute Gasteiger partial charge is 0.414 e. The highest BCUT2D eigenvalue weighted by molar-refractivity contribution is 6.25. The second-order valence-electron chi connectivity index (χ2n) is 8.32. The Morgan fingerprint density at radius 3 is 2.58 bits per heavy atom. The highest BCUT2D eigenvalue weighted by atomic mass is 16.6. The fourth-order valence-corrected chi connectivity index (χ4v) is 5.25. The zero-order valence-corrected chi connectivity index (χ0v) is 17.7. The Bertz CT molecular complexity index is 1160. The summed E-state index contributed by atoms with van der Waals surface area (Å²) in [5.41, 5.74) is 9.81. The minimum atomic E-state index is -1.38. The maximum atomic E-state index is 13.1. The van der Waals surface area contributed by atoms with Gasteiger partial charge >= 0.3 is 18.0 Å². The lowest BCUT2D eigenvalue weighted by molar-refractivity contribution is -0.144. The first-order valence-corrected chi connectivity index (χ1v) is 10.1. The number of hydrogen-bond donors (Lipinski definition) is 2. The lowest BCUT2D eigenvalue weighted by Gasteiger charge is -2.40. The van der Waals surface area contributed by atoms with E-state index in [4.69, 9.17) is 32.1 Å². The molecule has 0 aromatic rings. The second-order valence-corrected chi connectivity index (χ2v) is 8.32. The molecule has 2 fully saturated rings. The van der Waals surface area contributed by atoms with Crippen LogP contribution in [-0.2, 0) is 23.8 Å². The molecule has 0 unspecified atom stereocenters. The van der Waals surface area contributed by atoms with Crippen molar-refractivity contribution in [1.82, 2.24) is 9.80 Å². The first-order chi connectivity index (χ1) is 15.6. The number of carbonyl (C=O) groups is 4. The Balaban J connectivity index is 1.50. The van der Waals surface area contributed by atoms with Crippen LogP contribution in [0.25, 0.3) is 0 Å². The number of primary amides is 1. The molecular weight excluding hydrogens is 436 g/mol. The van der Waals surface area contributed by atoms with Crippen molar-refractivity contribution in [2.24, 2.45) is 27.6 Å². The minimum absolute atomic E-state index is 0.00160. The topological polar surface area (TPSA) is 179 Å². The first-order valence-electron chi connectivity index (χ1n) is 10.1. The van der Waals surface area contributed by atoms with Crippen molar-refractivity contribution < 1.29 is 33.4 Å². The number of Topliss-reactive ketones (excluding diaryl/α,β-unsaturated/α-hetero) is 2. The number of carbonyl (C=O) groups excluding carboxylic acids is 4. The fourth-order valence-electron chi connectivity index (χ4n) is 5.25. The van der Waals surface area contributed by atoms with Crippen LogP contribution in [0.5, 0.6) is 0 Å². The molecule has 0 aromatic carbocycles. The highest BCUT2D eigenvalue weighted by Crippen LogP contribution is 2.60. The predicted octanol–water partition coefficient (Wildman–Crippen LogP) is -0.659. The molecule has 13 nitrogen and oxygen atoms in total. The number of allylic oxidation sites excluding steroid dienone is 2. The summed E-state index contributed by atoms with van der Waals surface area (Å²) in [6.07, 6.45) is 3.50. The van der Waals surface area contributed by atoms with E-state index in [1.54, 1.807) is 4.90 Å². The van der Waals surface area contributed by atoms with Gasteiger partial charge in [0.15, 0.2) is 5.72 Å². The Kier molecular flexibility index (Phi) is 4.16. The number of amides is 2. The molecule has 4 aliphatic heterocycles. The third-order valence-corrected chi connectivity index (χ3v) is 6.80. The third kappa shape index (κ3) is 2.58. The predicted molar refractivity (Wildman–Crippen MR) is 106 cm³/mol. The Morgan fingerprint density at radius 2 is 2.00 bits per heavy atom. The van der Waals surface area contributed by atoms with Gasteiger partial charge in [0.2, 0.25) is 11.6 Å². The highest BCUT2D eigenvalue weighted by Gasteiger charge is 2.78. The molecule has 5 rings (SSSR count). The summed E-state index contributed by atoms with van der Waals surface area (Å²) in [6, 6.07) is -1.01. The van der Waals surface area contributed by atoms with Crippen LogP contribution in [0.4, 0.5) is 9.59 Å². The zero-order chi connectivity index (χ0) is 23.9. The monoisotopic (exact) mass is 456 g/mol. The summed E-state index contributed by atoms with van der Waals surface area (Å²) in [4.78, 5) is 53.6. The SMILES string of the molecule is C#CCC1(OC(=O)N2[C@H]3[C@@H]2CN2C4=C(C(=O)C(N)=C(C)C4=O)[C@@H](COC(N)=O)[C@@]32OC)N=N1. The van der Waals surface area contributed by atoms with Crippen molar-refractivity contribution in [1.29, 1.82) is 0 Å². The number of terminal acetylenes is 1. The average Bonchev–Trinajstić information content (AvgIpc) is 3.63. The molecule has 0 radical (unpaired) electrons. The van der Waals surface area contributed by atoms with Crippen molar-refractivity contribution in [3.8, 4) is 12.3 Å². The van der Waals surface area contributed by atoms with Crippen LogP contribution >= 0.6 is 0 Å². The number of hydrogen-bond acceptors (Lipinski definition) is 11. The van der Waals surface area contributed by atoms with E-state index < -0.39 is 53.3 Å². The van der Waals surface area contributed by atoms with E-state index >= 15 is 0 Å². The number of nitrogens with two attached hydrogens (primary N) is 2. The van der Waals surface area contributed by atoms with Crippen molar-refractivity contribution >= 4 is 23.8 Å². The lowest BCUT2D eigenvalue weighted by Crippen LogP contribution is -2.56. The average molecular weight is 456 g/mol. The molecule has 0 bridgehead atoms. The number of methoxy groups -OCH3 is 1. The molecule has 4 atom stereocenters. The van der Waals surface area contributed by atoms with Gasteiger partial charge in [-0.05, 0) is 6.92 Å². The number of fused-ring (bicyclic) bond motifs is 4. The van der Waals surface area contributed by atoms with Crippen LogP contribution in [0.3, 0.4) is 0 Å². The van der Waals surface area contributed by atoms with Gasteiger partial charge in [0.05, 0.1) is 29.8 Å². The second kappa shape index (κ2) is 6.55. The number of piperazine rings is 1. The molecule has 0 saturated carbocycles. The molecule has 2 saturated heterocycles. The molecule has 13 heteroatoms. The van der Waals surface area contributed by atoms with E-state index in [-0.39, 0.29) is 42.1 Å². The van der Waals surface area contributed by atoms with Crippen molar-refractivity contribution in [2.45, 2.75) is 37.0 Å². The van der Waals surface area contributed by atoms with Crippen LogP contribution in [0.15, 0.2) is 32.8 Å². The van der Waals surface area contributed by atoms with Gasteiger partial charge in [-0.3, -0.25) is 14.5 Å². The van der Waals surface area contributed by atoms with Crippen LogP contribution in [0.1, 0.15) is 13.3 Å². The molecule has 0 aromatic heterocycles. The largest absolute Gasteiger partial charge is 0.449 e. The third-order valence-electron chi connectivity index (χ3n) is 6.80. The molecule has 0 spiro atoms. The van der Waals surface area contributed by atoms with Crippen molar-refractivity contribution in [2.75, 3.05) is 20.3 Å². The molecule has 4 N–H and O–H groups in total. The quantitative estimate of drug-likeness (QED) is 0.308. The van der Waals surface area contributed by atoms with Gasteiger partial charge < -0.3 is 30.6 Å². The summed E-state index contributed by atoms with van der Waals surface area (Å²) < 4.78 is 16.3. The summed E-state index contributed by atoms with van der Waals surface area (Å²) in [6.45, 7) is 1.29. The van der Waals surface area contributed by atoms with Gasteiger partial charge in [0.25, 0.3) is 0 Å². The van der Waals surface area contributed by atoms with Gasteiger partial charge in [0.1, 0.15) is 12.6 Å². The van der Waals surface area contributed by atoms with E-state index in [9.17, 15) is 19.2 Å². The van der Waals surface area contributed by atoms with E-state index in [1.165, 1.54) is 18.9 Å². The van der Waals surface area contributed by atoms with Gasteiger partial charge in [-0.15, -0.1) is 16.7 Å². The van der Waals surface area contributed by atoms with Gasteiger partial charge in [-0.25, -0.2) is 9.59 Å². The Hall–Kier alpha value is -3.92. The molecule has 2 amide bonds. The molecule has 4 heterocycles. The molecule has 5 aliphatic rings. The summed E-state index contributed by atoms with van der Waals surface area (Å²) in [5, 5.41) is 7.43. The van der Waals surface area contributed by atoms with Crippen LogP contribution < -0.4 is 11.5 Å². The van der Waals surface area contributed by atoms with Crippen molar-refractivity contribution in [3.63, 3.8) is 0 Å². The summed E-state index contributed by atoms with van der Waals surface area (Å²) in [7, 11) is 1.39. The maximum absolute atomic E-state index is 13.1. The number of nitrogens with zero attached hydrogens (tertiary/aromatic N) is 4. The van der Waals surface area contributed by atoms with E-state index in [1.807, 2.05) is 0 Å². The molecule has 172 valence electrons. The van der Waals surface area contributed by atoms with Gasteiger partial charge in [0, 0.05) is 24.8 Å². The summed E-state index contributed by atoms with van der Waals surface area (Å²) in [5.74, 6) is -0.946. The first kappa shape index (κ1) is 21.0. The van der Waals surface area contributed by atoms with Gasteiger partial charge in [-0.2, -0.15) is 0 Å². The van der Waals surface area contributed by atoms with Gasteiger partial charge in [-0.1, -0.05) is 5.92 Å². The fraction of sp³-hybridized carbons (Fsp3) is 0.500. The summed E-state index contributed by atoms with van der Waals surface area (Å²) >= 11 is 0. The lowest BCUT2D eigenvalue weighted by atomic mass is 9.82. The number of rotatable bonds is 5. The zero-order valence-electron chi connectivity index (χ0n) is 17.7. The Morgan fingerprint density at radius 1 is 1.30 bits per heavy atom. The van der Waals surface area contributed by atoms with Crippen molar-refractivity contribution in [3.05, 3.63) is 22.5 Å². The van der Waals surface area contributed by atoms with Crippen LogP contribution in [-0.4, -0.2) is 77.5 Å². The number of ketones is 2. The normalized spacial score (nSPS) is 32.3. The molecule has 1 aliphatic carbocycles. The number of ether oxygens (including phenoxy) is 3. The van der Waals surface area contributed by atoms with E-state index in [0.29, 0.717) is 0 Å². The Labute approximate surface area is 187 Å². The van der Waals surface area contributed by atoms with E-state index in [2.05, 4.69) is 16.1 Å². The maximum Gasteiger partial charge on any atom is 0.414 e. The van der Waals surface area contributed by atoms with Crippen LogP contribution in [0, 0.1) is 18.3 Å². The standard InChI is InChI=1S/C20H20N6O7/c1-4-5-19(23-24-19)33-18(30)26-10-6-25-13-11(15(28)12(21)8(2)14(13)27)9(7-32-17(22)29)20(25,31-3)16(10)26/h1,9-10,16H,5-7,21H2,2-3H3,(H2,22,29)/t9-,10+,16+,20-,26?/m1/s1.